The van der Waals surface area contributed by atoms with Gasteiger partial charge in [0.2, 0.25) is 0 Å². The lowest BCUT2D eigenvalue weighted by molar-refractivity contribution is 0.0318. The van der Waals surface area contributed by atoms with Crippen molar-refractivity contribution in [1.82, 2.24) is 16.0 Å². The second kappa shape index (κ2) is 9.80. The molecule has 0 amide bonds. The van der Waals surface area contributed by atoms with Gasteiger partial charge >= 0.3 is 0 Å². The minimum atomic E-state index is 0. The summed E-state index contributed by atoms with van der Waals surface area (Å²) in [7, 11) is 0. The zero-order valence-corrected chi connectivity index (χ0v) is 18.3. The largest absolute Gasteiger partial charge is 0.316 e. The van der Waals surface area contributed by atoms with Crippen molar-refractivity contribution in [2.24, 2.45) is 11.8 Å². The van der Waals surface area contributed by atoms with Crippen molar-refractivity contribution >= 4 is 37.2 Å². The quantitative estimate of drug-likeness (QED) is 0.634. The molecule has 2 aliphatic heterocycles. The summed E-state index contributed by atoms with van der Waals surface area (Å²) in [6.45, 7) is 2.25. The lowest BCUT2D eigenvalue weighted by Crippen LogP contribution is -2.69. The highest BCUT2D eigenvalue weighted by Crippen LogP contribution is 2.48. The molecule has 2 bridgehead atoms. The van der Waals surface area contributed by atoms with Crippen LogP contribution < -0.4 is 16.0 Å². The SMILES string of the molecule is Cl.Cl.Cl.c1ccc(C2NC3(NC2c2ccccc2)C2CCCC3CNC2)cc1. The van der Waals surface area contributed by atoms with Crippen molar-refractivity contribution in [3.05, 3.63) is 71.8 Å². The van der Waals surface area contributed by atoms with Crippen molar-refractivity contribution in [1.29, 1.82) is 0 Å². The first-order chi connectivity index (χ1) is 12.4. The van der Waals surface area contributed by atoms with Crippen molar-refractivity contribution in [2.45, 2.75) is 37.0 Å². The molecule has 0 aromatic heterocycles. The Bertz CT molecular complexity index is 657. The molecule has 2 heterocycles. The number of benzene rings is 2. The molecule has 2 saturated heterocycles. The van der Waals surface area contributed by atoms with Crippen LogP contribution in [0.15, 0.2) is 60.7 Å². The van der Waals surface area contributed by atoms with Gasteiger partial charge in [-0.1, -0.05) is 67.1 Å². The Morgan fingerprint density at radius 2 is 1.07 bits per heavy atom. The van der Waals surface area contributed by atoms with Crippen molar-refractivity contribution < 1.29 is 0 Å². The van der Waals surface area contributed by atoms with Crippen LogP contribution in [0.4, 0.5) is 0 Å². The zero-order chi connectivity index (χ0) is 16.7. The van der Waals surface area contributed by atoms with Crippen LogP contribution in [-0.2, 0) is 0 Å². The predicted octanol–water partition coefficient (Wildman–Crippen LogP) is 4.64. The first kappa shape index (κ1) is 23.5. The van der Waals surface area contributed by atoms with E-state index >= 15 is 0 Å². The topological polar surface area (TPSA) is 36.1 Å². The Hall–Kier alpha value is -0.810. The van der Waals surface area contributed by atoms with Gasteiger partial charge in [0.05, 0.1) is 17.7 Å². The molecule has 3 fully saturated rings. The molecule has 1 spiro atoms. The summed E-state index contributed by atoms with van der Waals surface area (Å²) in [5, 5.41) is 11.9. The van der Waals surface area contributed by atoms with Gasteiger partial charge in [-0.25, -0.2) is 0 Å². The fourth-order valence-corrected chi connectivity index (χ4v) is 5.42. The number of hydrogen-bond acceptors (Lipinski definition) is 3. The third-order valence-corrected chi connectivity index (χ3v) is 6.61. The fraction of sp³-hybridized carbons (Fsp3) is 0.455. The Kier molecular flexibility index (Phi) is 8.21. The Balaban J connectivity index is 0.000000934. The van der Waals surface area contributed by atoms with E-state index in [0.29, 0.717) is 23.9 Å². The van der Waals surface area contributed by atoms with Crippen LogP contribution in [0.5, 0.6) is 0 Å². The average Bonchev–Trinajstić information content (AvgIpc) is 3.03. The molecular formula is C22H30Cl3N3. The zero-order valence-electron chi connectivity index (χ0n) is 15.8. The van der Waals surface area contributed by atoms with Crippen LogP contribution in [0, 0.1) is 11.8 Å². The summed E-state index contributed by atoms with van der Waals surface area (Å²) in [6, 6.07) is 22.6. The van der Waals surface area contributed by atoms with Crippen LogP contribution >= 0.6 is 37.2 Å². The number of nitrogens with one attached hydrogen (secondary N) is 3. The second-order valence-electron chi connectivity index (χ2n) is 7.92. The van der Waals surface area contributed by atoms with E-state index in [1.165, 1.54) is 30.4 Å². The molecule has 4 unspecified atom stereocenters. The van der Waals surface area contributed by atoms with Crippen LogP contribution in [-0.4, -0.2) is 18.8 Å². The van der Waals surface area contributed by atoms with E-state index < -0.39 is 0 Å². The predicted molar refractivity (Wildman–Crippen MR) is 123 cm³/mol. The standard InChI is InChI=1S/C22H27N3.3ClH/c1-3-8-16(9-4-1)20-21(17-10-5-2-6-11-17)25-22(24-20)18-12-7-13-19(22)15-23-14-18;;;/h1-6,8-11,18-21,23-25H,7,12-15H2;3*1H. The summed E-state index contributed by atoms with van der Waals surface area (Å²) < 4.78 is 0. The van der Waals surface area contributed by atoms with Gasteiger partial charge in [-0.05, 0) is 24.0 Å². The van der Waals surface area contributed by atoms with E-state index in [1.54, 1.807) is 0 Å². The Labute approximate surface area is 186 Å². The van der Waals surface area contributed by atoms with Gasteiger partial charge in [-0.15, -0.1) is 37.2 Å². The van der Waals surface area contributed by atoms with E-state index in [4.69, 9.17) is 0 Å². The van der Waals surface area contributed by atoms with Gasteiger partial charge in [0.1, 0.15) is 0 Å². The smallest absolute Gasteiger partial charge is 0.0780 e. The molecule has 5 rings (SSSR count). The Morgan fingerprint density at radius 3 is 1.50 bits per heavy atom. The summed E-state index contributed by atoms with van der Waals surface area (Å²) in [5.74, 6) is 1.33. The average molecular weight is 443 g/mol. The number of halogens is 3. The van der Waals surface area contributed by atoms with Crippen molar-refractivity contribution in [2.75, 3.05) is 13.1 Å². The molecule has 3 nitrogen and oxygen atoms in total. The molecule has 1 aliphatic carbocycles. The first-order valence-corrected chi connectivity index (χ1v) is 9.73. The minimum Gasteiger partial charge on any atom is -0.316 e. The molecule has 4 atom stereocenters. The van der Waals surface area contributed by atoms with Gasteiger partial charge in [-0.3, -0.25) is 10.6 Å². The van der Waals surface area contributed by atoms with Crippen molar-refractivity contribution in [3.8, 4) is 0 Å². The molecule has 3 aliphatic rings. The van der Waals surface area contributed by atoms with Crippen molar-refractivity contribution in [3.63, 3.8) is 0 Å². The van der Waals surface area contributed by atoms with Crippen LogP contribution in [0.25, 0.3) is 0 Å². The van der Waals surface area contributed by atoms with E-state index in [1.807, 2.05) is 0 Å². The highest BCUT2D eigenvalue weighted by molar-refractivity contribution is 5.86. The second-order valence-corrected chi connectivity index (χ2v) is 7.92. The number of hydrogen-bond donors (Lipinski definition) is 3. The number of rotatable bonds is 2. The fourth-order valence-electron chi connectivity index (χ4n) is 5.42. The number of piperidine rings is 1. The molecule has 6 heteroatoms. The summed E-state index contributed by atoms with van der Waals surface area (Å²) in [5.41, 5.74) is 2.85. The third kappa shape index (κ3) is 3.94. The highest BCUT2D eigenvalue weighted by atomic mass is 35.5. The summed E-state index contributed by atoms with van der Waals surface area (Å²) in [4.78, 5) is 0. The third-order valence-electron chi connectivity index (χ3n) is 6.61. The Morgan fingerprint density at radius 1 is 0.643 bits per heavy atom. The first-order valence-electron chi connectivity index (χ1n) is 9.73. The molecule has 1 saturated carbocycles. The van der Waals surface area contributed by atoms with Crippen LogP contribution in [0.1, 0.15) is 42.5 Å². The van der Waals surface area contributed by atoms with Crippen LogP contribution in [0.3, 0.4) is 0 Å². The maximum absolute atomic E-state index is 4.12. The maximum atomic E-state index is 4.12. The molecule has 154 valence electrons. The molecule has 28 heavy (non-hydrogen) atoms. The normalized spacial score (nSPS) is 33.3. The van der Waals surface area contributed by atoms with Gasteiger partial charge in [0.15, 0.2) is 0 Å². The van der Waals surface area contributed by atoms with E-state index in [-0.39, 0.29) is 42.9 Å². The van der Waals surface area contributed by atoms with E-state index in [2.05, 4.69) is 76.6 Å². The molecule has 2 aromatic rings. The lowest BCUT2D eigenvalue weighted by Gasteiger charge is -2.52. The van der Waals surface area contributed by atoms with E-state index in [0.717, 1.165) is 13.1 Å². The molecule has 2 aromatic carbocycles. The molecule has 3 N–H and O–H groups in total. The van der Waals surface area contributed by atoms with Crippen LogP contribution in [0.2, 0.25) is 0 Å². The lowest BCUT2D eigenvalue weighted by atomic mass is 9.69. The molecular weight excluding hydrogens is 413 g/mol. The van der Waals surface area contributed by atoms with E-state index in [9.17, 15) is 0 Å². The van der Waals surface area contributed by atoms with Gasteiger partial charge in [-0.2, -0.15) is 0 Å². The highest BCUT2D eigenvalue weighted by Gasteiger charge is 2.56. The molecule has 0 radical (unpaired) electrons. The van der Waals surface area contributed by atoms with Gasteiger partial charge < -0.3 is 5.32 Å². The summed E-state index contributed by atoms with van der Waals surface area (Å²) in [6.07, 6.45) is 3.99. The maximum Gasteiger partial charge on any atom is 0.0780 e. The van der Waals surface area contributed by atoms with Gasteiger partial charge in [0, 0.05) is 24.9 Å². The summed E-state index contributed by atoms with van der Waals surface area (Å²) >= 11 is 0. The minimum absolute atomic E-state index is 0. The monoisotopic (exact) mass is 441 g/mol. The van der Waals surface area contributed by atoms with Gasteiger partial charge in [0.25, 0.3) is 0 Å².